The third-order valence-electron chi connectivity index (χ3n) is 3.98. The normalized spacial score (nSPS) is 11.4. The van der Waals surface area contributed by atoms with E-state index in [1.54, 1.807) is 6.26 Å². The van der Waals surface area contributed by atoms with Crippen LogP contribution in [0.2, 0.25) is 0 Å². The zero-order valence-corrected chi connectivity index (χ0v) is 16.7. The van der Waals surface area contributed by atoms with Crippen LogP contribution in [0.4, 0.5) is 0 Å². The summed E-state index contributed by atoms with van der Waals surface area (Å²) in [4.78, 5) is 9.06. The number of furan rings is 1. The molecule has 3 aromatic rings. The van der Waals surface area contributed by atoms with E-state index in [0.29, 0.717) is 6.54 Å². The van der Waals surface area contributed by atoms with Crippen molar-refractivity contribution in [1.82, 2.24) is 15.6 Å². The van der Waals surface area contributed by atoms with Crippen molar-refractivity contribution in [2.45, 2.75) is 19.4 Å². The summed E-state index contributed by atoms with van der Waals surface area (Å²) in [7, 11) is 0. The number of benzene rings is 1. The van der Waals surface area contributed by atoms with Gasteiger partial charge in [0, 0.05) is 42.3 Å². The Morgan fingerprint density at radius 3 is 2.48 bits per heavy atom. The molecule has 2 N–H and O–H groups in total. The summed E-state index contributed by atoms with van der Waals surface area (Å²) < 4.78 is 6.45. The molecule has 0 saturated heterocycles. The van der Waals surface area contributed by atoms with E-state index in [4.69, 9.17) is 9.41 Å². The highest BCUT2D eigenvalue weighted by Crippen LogP contribution is 2.11. The quantitative estimate of drug-likeness (QED) is 0.422. The summed E-state index contributed by atoms with van der Waals surface area (Å²) >= 11 is 3.46. The number of aromatic nitrogens is 1. The molecule has 2 heterocycles. The van der Waals surface area contributed by atoms with Gasteiger partial charge in [-0.1, -0.05) is 34.1 Å². The van der Waals surface area contributed by atoms with E-state index < -0.39 is 0 Å². The lowest BCUT2D eigenvalue weighted by atomic mass is 10.2. The Bertz CT molecular complexity index is 817. The highest BCUT2D eigenvalue weighted by molar-refractivity contribution is 9.10. The number of hydrogen-bond donors (Lipinski definition) is 2. The first kappa shape index (κ1) is 19.2. The van der Waals surface area contributed by atoms with Gasteiger partial charge in [-0.2, -0.15) is 0 Å². The van der Waals surface area contributed by atoms with Crippen LogP contribution >= 0.6 is 15.9 Å². The monoisotopic (exact) mass is 426 g/mol. The first-order valence-electron chi connectivity index (χ1n) is 8.98. The molecule has 0 bridgehead atoms. The van der Waals surface area contributed by atoms with E-state index in [2.05, 4.69) is 43.7 Å². The fourth-order valence-corrected chi connectivity index (χ4v) is 2.81. The summed E-state index contributed by atoms with van der Waals surface area (Å²) in [6.45, 7) is 2.14. The molecule has 2 aromatic heterocycles. The predicted molar refractivity (Wildman–Crippen MR) is 112 cm³/mol. The van der Waals surface area contributed by atoms with Crippen LogP contribution in [0.25, 0.3) is 0 Å². The van der Waals surface area contributed by atoms with Gasteiger partial charge in [-0.05, 0) is 42.0 Å². The van der Waals surface area contributed by atoms with Crippen molar-refractivity contribution in [2.24, 2.45) is 4.99 Å². The van der Waals surface area contributed by atoms with Crippen molar-refractivity contribution in [3.8, 4) is 0 Å². The fourth-order valence-electron chi connectivity index (χ4n) is 2.55. The SMILES string of the molecule is Brc1ccc(CN=C(NCCc2ccccn2)NCCc2ccco2)cc1. The summed E-state index contributed by atoms with van der Waals surface area (Å²) in [5.41, 5.74) is 2.22. The van der Waals surface area contributed by atoms with Crippen molar-refractivity contribution < 1.29 is 4.42 Å². The molecule has 0 amide bonds. The van der Waals surface area contributed by atoms with Gasteiger partial charge in [0.15, 0.2) is 5.96 Å². The van der Waals surface area contributed by atoms with E-state index in [0.717, 1.165) is 53.4 Å². The van der Waals surface area contributed by atoms with E-state index >= 15 is 0 Å². The van der Waals surface area contributed by atoms with Crippen molar-refractivity contribution in [2.75, 3.05) is 13.1 Å². The number of nitrogens with one attached hydrogen (secondary N) is 2. The lowest BCUT2D eigenvalue weighted by molar-refractivity contribution is 0.506. The number of guanidine groups is 1. The highest BCUT2D eigenvalue weighted by atomic mass is 79.9. The third kappa shape index (κ3) is 6.90. The molecule has 0 aliphatic carbocycles. The molecule has 5 nitrogen and oxygen atoms in total. The van der Waals surface area contributed by atoms with Crippen LogP contribution in [0.15, 0.2) is 80.9 Å². The second kappa shape index (κ2) is 10.5. The number of aliphatic imine (C=N–C) groups is 1. The lowest BCUT2D eigenvalue weighted by Gasteiger charge is -2.12. The minimum absolute atomic E-state index is 0.618. The molecule has 0 saturated carbocycles. The molecule has 0 unspecified atom stereocenters. The summed E-state index contributed by atoms with van der Waals surface area (Å²) in [6.07, 6.45) is 5.17. The Labute approximate surface area is 168 Å². The smallest absolute Gasteiger partial charge is 0.191 e. The van der Waals surface area contributed by atoms with Crippen molar-refractivity contribution in [3.05, 3.63) is 88.5 Å². The minimum atomic E-state index is 0.618. The fraction of sp³-hybridized carbons (Fsp3) is 0.238. The van der Waals surface area contributed by atoms with Crippen LogP contribution < -0.4 is 10.6 Å². The van der Waals surface area contributed by atoms with Crippen molar-refractivity contribution in [1.29, 1.82) is 0 Å². The summed E-state index contributed by atoms with van der Waals surface area (Å²) in [6, 6.07) is 18.1. The first-order chi connectivity index (χ1) is 13.3. The number of pyridine rings is 1. The number of nitrogens with zero attached hydrogens (tertiary/aromatic N) is 2. The van der Waals surface area contributed by atoms with Gasteiger partial charge in [-0.25, -0.2) is 4.99 Å². The van der Waals surface area contributed by atoms with Crippen LogP contribution in [0.5, 0.6) is 0 Å². The molecule has 0 aliphatic rings. The number of halogens is 1. The molecule has 1 aromatic carbocycles. The third-order valence-corrected chi connectivity index (χ3v) is 4.51. The van der Waals surface area contributed by atoms with E-state index in [1.165, 1.54) is 0 Å². The zero-order chi connectivity index (χ0) is 18.7. The largest absolute Gasteiger partial charge is 0.469 e. The van der Waals surface area contributed by atoms with Gasteiger partial charge in [-0.15, -0.1) is 0 Å². The van der Waals surface area contributed by atoms with Gasteiger partial charge in [0.2, 0.25) is 0 Å². The van der Waals surface area contributed by atoms with Crippen LogP contribution in [0.1, 0.15) is 17.0 Å². The standard InChI is InChI=1S/C21H23BrN4O/c22-18-8-6-17(7-9-18)16-26-21(25-14-11-20-5-3-15-27-20)24-13-10-19-4-1-2-12-23-19/h1-9,12,15H,10-11,13-14,16H2,(H2,24,25,26). The molecule has 0 spiro atoms. The maximum Gasteiger partial charge on any atom is 0.191 e. The van der Waals surface area contributed by atoms with Gasteiger partial charge in [0.05, 0.1) is 12.8 Å². The van der Waals surface area contributed by atoms with Gasteiger partial charge >= 0.3 is 0 Å². The summed E-state index contributed by atoms with van der Waals surface area (Å²) in [5.74, 6) is 1.75. The molecule has 0 atom stereocenters. The predicted octanol–water partition coefficient (Wildman–Crippen LogP) is 3.96. The van der Waals surface area contributed by atoms with Crippen LogP contribution in [-0.2, 0) is 19.4 Å². The van der Waals surface area contributed by atoms with Crippen LogP contribution in [-0.4, -0.2) is 24.0 Å². The maximum atomic E-state index is 5.38. The van der Waals surface area contributed by atoms with Crippen LogP contribution in [0, 0.1) is 0 Å². The topological polar surface area (TPSA) is 62.5 Å². The molecular formula is C21H23BrN4O. The Hall–Kier alpha value is -2.60. The molecular weight excluding hydrogens is 404 g/mol. The highest BCUT2D eigenvalue weighted by Gasteiger charge is 2.02. The Balaban J connectivity index is 1.54. The van der Waals surface area contributed by atoms with Gasteiger partial charge in [0.25, 0.3) is 0 Å². The van der Waals surface area contributed by atoms with Crippen LogP contribution in [0.3, 0.4) is 0 Å². The van der Waals surface area contributed by atoms with E-state index in [1.807, 2.05) is 48.7 Å². The molecule has 27 heavy (non-hydrogen) atoms. The molecule has 6 heteroatoms. The van der Waals surface area contributed by atoms with E-state index in [-0.39, 0.29) is 0 Å². The number of rotatable bonds is 8. The van der Waals surface area contributed by atoms with Gasteiger partial charge in [0.1, 0.15) is 5.76 Å². The van der Waals surface area contributed by atoms with Gasteiger partial charge < -0.3 is 15.1 Å². The molecule has 0 radical (unpaired) electrons. The Morgan fingerprint density at radius 1 is 0.963 bits per heavy atom. The molecule has 3 rings (SSSR count). The van der Waals surface area contributed by atoms with Crippen molar-refractivity contribution >= 4 is 21.9 Å². The maximum absolute atomic E-state index is 5.38. The van der Waals surface area contributed by atoms with Crippen molar-refractivity contribution in [3.63, 3.8) is 0 Å². The second-order valence-electron chi connectivity index (χ2n) is 6.05. The first-order valence-corrected chi connectivity index (χ1v) is 9.78. The zero-order valence-electron chi connectivity index (χ0n) is 15.1. The Kier molecular flexibility index (Phi) is 7.47. The number of hydrogen-bond acceptors (Lipinski definition) is 3. The molecule has 0 fully saturated rings. The average molecular weight is 427 g/mol. The molecule has 0 aliphatic heterocycles. The molecule has 140 valence electrons. The van der Waals surface area contributed by atoms with Gasteiger partial charge in [-0.3, -0.25) is 4.98 Å². The Morgan fingerprint density at radius 2 is 1.78 bits per heavy atom. The lowest BCUT2D eigenvalue weighted by Crippen LogP contribution is -2.39. The summed E-state index contributed by atoms with van der Waals surface area (Å²) in [5, 5.41) is 6.76. The minimum Gasteiger partial charge on any atom is -0.469 e. The average Bonchev–Trinajstić information content (AvgIpc) is 3.21. The second-order valence-corrected chi connectivity index (χ2v) is 6.96. The van der Waals surface area contributed by atoms with E-state index in [9.17, 15) is 0 Å².